The van der Waals surface area contributed by atoms with Crippen molar-refractivity contribution in [1.82, 2.24) is 0 Å². The van der Waals surface area contributed by atoms with E-state index in [4.69, 9.17) is 9.47 Å². The summed E-state index contributed by atoms with van der Waals surface area (Å²) in [6.45, 7) is 6.18. The molecule has 0 spiro atoms. The lowest BCUT2D eigenvalue weighted by Gasteiger charge is -2.31. The molecule has 2 unspecified atom stereocenters. The molecule has 2 nitrogen and oxygen atoms in total. The highest BCUT2D eigenvalue weighted by atomic mass is 19.4. The zero-order valence-electron chi connectivity index (χ0n) is 18.8. The summed E-state index contributed by atoms with van der Waals surface area (Å²) in [6.07, 6.45) is 7.99. The summed E-state index contributed by atoms with van der Waals surface area (Å²) >= 11 is 0. The highest BCUT2D eigenvalue weighted by Crippen LogP contribution is 2.43. The van der Waals surface area contributed by atoms with Gasteiger partial charge in [0.2, 0.25) is 0 Å². The van der Waals surface area contributed by atoms with E-state index in [0.717, 1.165) is 38.5 Å². The van der Waals surface area contributed by atoms with Crippen LogP contribution in [-0.4, -0.2) is 19.3 Å². The maximum absolute atomic E-state index is 15.0. The van der Waals surface area contributed by atoms with Gasteiger partial charge in [-0.05, 0) is 81.8 Å². The molecule has 0 bridgehead atoms. The van der Waals surface area contributed by atoms with Gasteiger partial charge in [0.05, 0.1) is 24.9 Å². The third-order valence-electron chi connectivity index (χ3n) is 6.82. The summed E-state index contributed by atoms with van der Waals surface area (Å²) in [5.41, 5.74) is -1.23. The average Bonchev–Trinajstić information content (AvgIpc) is 2.78. The van der Waals surface area contributed by atoms with Gasteiger partial charge in [0.25, 0.3) is 0 Å². The molecule has 1 aromatic rings. The van der Waals surface area contributed by atoms with Gasteiger partial charge >= 0.3 is 6.18 Å². The number of rotatable bonds is 8. The molecule has 1 aliphatic carbocycles. The largest absolute Gasteiger partial charge is 0.490 e. The van der Waals surface area contributed by atoms with Crippen LogP contribution < -0.4 is 4.74 Å². The van der Waals surface area contributed by atoms with E-state index in [-0.39, 0.29) is 36.5 Å². The van der Waals surface area contributed by atoms with E-state index >= 15 is 4.39 Å². The first-order chi connectivity index (χ1) is 15.3. The van der Waals surface area contributed by atoms with Crippen molar-refractivity contribution < 1.29 is 27.0 Å². The minimum atomic E-state index is -4.79. The molecule has 32 heavy (non-hydrogen) atoms. The van der Waals surface area contributed by atoms with Gasteiger partial charge in [0, 0.05) is 5.92 Å². The predicted molar refractivity (Wildman–Crippen MR) is 118 cm³/mol. The second kappa shape index (κ2) is 11.4. The lowest BCUT2D eigenvalue weighted by Crippen LogP contribution is -2.27. The van der Waals surface area contributed by atoms with Gasteiger partial charge in [-0.2, -0.15) is 13.2 Å². The van der Waals surface area contributed by atoms with Crippen LogP contribution in [0.5, 0.6) is 5.75 Å². The van der Waals surface area contributed by atoms with Crippen LogP contribution in [0, 0.1) is 17.7 Å². The molecule has 0 aromatic heterocycles. The monoisotopic (exact) mass is 454 g/mol. The molecule has 1 saturated carbocycles. The van der Waals surface area contributed by atoms with Gasteiger partial charge in [-0.15, -0.1) is 6.58 Å². The molecule has 1 aliphatic heterocycles. The summed E-state index contributed by atoms with van der Waals surface area (Å²) in [6, 6.07) is 2.73. The Morgan fingerprint density at radius 3 is 2.47 bits per heavy atom. The molecule has 6 heteroatoms. The minimum Gasteiger partial charge on any atom is -0.490 e. The first kappa shape index (κ1) is 24.8. The summed E-state index contributed by atoms with van der Waals surface area (Å²) in [5, 5.41) is 0. The Bertz CT molecular complexity index is 771. The third-order valence-corrected chi connectivity index (χ3v) is 6.82. The summed E-state index contributed by atoms with van der Waals surface area (Å²) in [4.78, 5) is 0. The van der Waals surface area contributed by atoms with E-state index in [1.54, 1.807) is 0 Å². The molecule has 1 aromatic carbocycles. The zero-order chi connectivity index (χ0) is 23.1. The van der Waals surface area contributed by atoms with Crippen LogP contribution in [0.15, 0.2) is 36.9 Å². The Labute approximate surface area is 188 Å². The molecule has 0 N–H and O–H groups in total. The van der Waals surface area contributed by atoms with Crippen molar-refractivity contribution >= 4 is 0 Å². The van der Waals surface area contributed by atoms with Crippen molar-refractivity contribution in [2.75, 3.05) is 13.2 Å². The van der Waals surface area contributed by atoms with Crippen LogP contribution >= 0.6 is 0 Å². The number of alkyl halides is 3. The molecule has 178 valence electrons. The Kier molecular flexibility index (Phi) is 8.80. The van der Waals surface area contributed by atoms with Crippen LogP contribution in [0.2, 0.25) is 0 Å². The van der Waals surface area contributed by atoms with E-state index in [9.17, 15) is 13.2 Å². The Morgan fingerprint density at radius 2 is 1.88 bits per heavy atom. The van der Waals surface area contributed by atoms with Crippen LogP contribution in [0.1, 0.15) is 75.3 Å². The van der Waals surface area contributed by atoms with Gasteiger partial charge in [-0.3, -0.25) is 0 Å². The number of benzene rings is 1. The molecule has 3 rings (SSSR count). The van der Waals surface area contributed by atoms with Crippen molar-refractivity contribution in [3.63, 3.8) is 0 Å². The van der Waals surface area contributed by atoms with Gasteiger partial charge in [0.15, 0.2) is 11.6 Å². The number of halogens is 4. The van der Waals surface area contributed by atoms with Crippen LogP contribution in [0.25, 0.3) is 0 Å². The number of ether oxygens (including phenoxy) is 2. The highest BCUT2D eigenvalue weighted by molar-refractivity contribution is 5.41. The number of hydrogen-bond donors (Lipinski definition) is 0. The van der Waals surface area contributed by atoms with Crippen LogP contribution in [-0.2, 0) is 10.9 Å². The van der Waals surface area contributed by atoms with Gasteiger partial charge < -0.3 is 9.47 Å². The van der Waals surface area contributed by atoms with E-state index in [1.165, 1.54) is 12.1 Å². The van der Waals surface area contributed by atoms with E-state index in [1.807, 2.05) is 19.1 Å². The maximum Gasteiger partial charge on any atom is 0.419 e. The summed E-state index contributed by atoms with van der Waals surface area (Å²) in [5.74, 6) is -1.37. The van der Waals surface area contributed by atoms with Crippen molar-refractivity contribution in [3.05, 3.63) is 53.9 Å². The topological polar surface area (TPSA) is 18.5 Å². The van der Waals surface area contributed by atoms with E-state index in [2.05, 4.69) is 12.7 Å². The first-order valence-corrected chi connectivity index (χ1v) is 11.7. The van der Waals surface area contributed by atoms with Crippen molar-refractivity contribution in [2.24, 2.45) is 11.8 Å². The fourth-order valence-corrected chi connectivity index (χ4v) is 4.84. The SMILES string of the molecule is C=CC1CCC(COc2ccc(C3CCC(CC/C=C/C)OC3)c(C(F)(F)F)c2F)CC1. The minimum absolute atomic E-state index is 0.0271. The first-order valence-electron chi connectivity index (χ1n) is 11.7. The van der Waals surface area contributed by atoms with Gasteiger partial charge in [-0.1, -0.05) is 24.3 Å². The predicted octanol–water partition coefficient (Wildman–Crippen LogP) is 7.83. The number of allylic oxidation sites excluding steroid dienone is 3. The molecule has 0 radical (unpaired) electrons. The van der Waals surface area contributed by atoms with E-state index < -0.39 is 23.5 Å². The molecule has 1 saturated heterocycles. The average molecular weight is 455 g/mol. The highest BCUT2D eigenvalue weighted by Gasteiger charge is 2.41. The quantitative estimate of drug-likeness (QED) is 0.294. The standard InChI is InChI=1S/C26H34F4O2/c1-3-5-6-7-21-13-12-20(17-31-21)22-14-15-23(25(27)24(22)26(28,29)30)32-16-19-10-8-18(4-2)9-11-19/h3-5,14-15,18-21H,2,6-13,16-17H2,1H3/b5-3+. The second-order valence-corrected chi connectivity index (χ2v) is 9.04. The summed E-state index contributed by atoms with van der Waals surface area (Å²) < 4.78 is 67.9. The van der Waals surface area contributed by atoms with Gasteiger partial charge in [-0.25, -0.2) is 4.39 Å². The van der Waals surface area contributed by atoms with Crippen molar-refractivity contribution in [2.45, 2.75) is 76.5 Å². The molecular formula is C26H34F4O2. The van der Waals surface area contributed by atoms with E-state index in [0.29, 0.717) is 18.8 Å². The fraction of sp³-hybridized carbons (Fsp3) is 0.615. The van der Waals surface area contributed by atoms with Crippen LogP contribution in [0.4, 0.5) is 17.6 Å². The maximum atomic E-state index is 15.0. The number of hydrogen-bond acceptors (Lipinski definition) is 2. The smallest absolute Gasteiger partial charge is 0.419 e. The third kappa shape index (κ3) is 6.37. The normalized spacial score (nSPS) is 26.9. The van der Waals surface area contributed by atoms with Crippen molar-refractivity contribution in [1.29, 1.82) is 0 Å². The molecule has 1 heterocycles. The fourth-order valence-electron chi connectivity index (χ4n) is 4.84. The molecule has 2 aliphatic rings. The zero-order valence-corrected chi connectivity index (χ0v) is 18.8. The Hall–Kier alpha value is -1.82. The molecule has 2 atom stereocenters. The van der Waals surface area contributed by atoms with Gasteiger partial charge in [0.1, 0.15) is 0 Å². The molecular weight excluding hydrogens is 420 g/mol. The Balaban J connectivity index is 1.68. The Morgan fingerprint density at radius 1 is 1.12 bits per heavy atom. The van der Waals surface area contributed by atoms with Crippen LogP contribution in [0.3, 0.4) is 0 Å². The molecule has 0 amide bonds. The molecule has 2 fully saturated rings. The lowest BCUT2D eigenvalue weighted by molar-refractivity contribution is -0.141. The second-order valence-electron chi connectivity index (χ2n) is 9.04. The summed E-state index contributed by atoms with van der Waals surface area (Å²) in [7, 11) is 0. The van der Waals surface area contributed by atoms with Crippen molar-refractivity contribution in [3.8, 4) is 5.75 Å². The lowest BCUT2D eigenvalue weighted by atomic mass is 9.82.